The third kappa shape index (κ3) is 2.61. The molecule has 3 nitrogen and oxygen atoms in total. The third-order valence-corrected chi connectivity index (χ3v) is 4.62. The van der Waals surface area contributed by atoms with Crippen LogP contribution in [0.25, 0.3) is 11.6 Å². The summed E-state index contributed by atoms with van der Waals surface area (Å²) in [6.45, 7) is 9.21. The van der Waals surface area contributed by atoms with E-state index in [4.69, 9.17) is 0 Å². The van der Waals surface area contributed by atoms with Gasteiger partial charge in [-0.3, -0.25) is 4.79 Å². The molecule has 0 bridgehead atoms. The van der Waals surface area contributed by atoms with Gasteiger partial charge in [-0.2, -0.15) is 0 Å². The Bertz CT molecular complexity index is 796. The van der Waals surface area contributed by atoms with Crippen molar-refractivity contribution in [2.45, 2.75) is 27.7 Å². The summed E-state index contributed by atoms with van der Waals surface area (Å²) in [5.41, 5.74) is 6.38. The number of anilines is 1. The lowest BCUT2D eigenvalue weighted by Gasteiger charge is -2.19. The molecule has 0 radical (unpaired) electrons. The minimum absolute atomic E-state index is 0.112. The topological polar surface area (TPSA) is 25.2 Å². The van der Waals surface area contributed by atoms with Gasteiger partial charge in [0.15, 0.2) is 0 Å². The maximum absolute atomic E-state index is 13.0. The highest BCUT2D eigenvalue weighted by Gasteiger charge is 2.32. The van der Waals surface area contributed by atoms with Crippen molar-refractivity contribution in [3.8, 4) is 0 Å². The van der Waals surface area contributed by atoms with E-state index in [1.807, 2.05) is 35.2 Å². The average Bonchev–Trinajstić information content (AvgIpc) is 2.91. The van der Waals surface area contributed by atoms with Crippen LogP contribution in [0.15, 0.2) is 30.3 Å². The summed E-state index contributed by atoms with van der Waals surface area (Å²) < 4.78 is 2.16. The first-order valence-corrected chi connectivity index (χ1v) is 8.16. The van der Waals surface area contributed by atoms with E-state index in [-0.39, 0.29) is 5.91 Å². The molecule has 1 aromatic heterocycles. The SMILES string of the molecule is Cc1cc(/C=C2\C(=O)N(CC(C)C)c3ccccc32)c(C)n1C. The van der Waals surface area contributed by atoms with Crippen LogP contribution in [-0.2, 0) is 11.8 Å². The van der Waals surface area contributed by atoms with Gasteiger partial charge < -0.3 is 9.47 Å². The van der Waals surface area contributed by atoms with Gasteiger partial charge in [0.1, 0.15) is 0 Å². The van der Waals surface area contributed by atoms with Crippen LogP contribution in [0.3, 0.4) is 0 Å². The van der Waals surface area contributed by atoms with Gasteiger partial charge in [-0.05, 0) is 43.5 Å². The lowest BCUT2D eigenvalue weighted by Crippen LogP contribution is -2.30. The van der Waals surface area contributed by atoms with Gasteiger partial charge in [0.05, 0.1) is 5.69 Å². The van der Waals surface area contributed by atoms with E-state index in [1.165, 1.54) is 11.4 Å². The van der Waals surface area contributed by atoms with Crippen LogP contribution in [0.2, 0.25) is 0 Å². The Morgan fingerprint density at radius 2 is 1.87 bits per heavy atom. The zero-order valence-corrected chi connectivity index (χ0v) is 14.6. The Morgan fingerprint density at radius 3 is 2.48 bits per heavy atom. The number of hydrogen-bond acceptors (Lipinski definition) is 1. The molecule has 120 valence electrons. The van der Waals surface area contributed by atoms with Gasteiger partial charge in [-0.25, -0.2) is 0 Å². The molecule has 3 heteroatoms. The normalized spacial score (nSPS) is 15.8. The van der Waals surface area contributed by atoms with Gasteiger partial charge in [0.2, 0.25) is 0 Å². The first-order chi connectivity index (χ1) is 10.9. The number of hydrogen-bond donors (Lipinski definition) is 0. The van der Waals surface area contributed by atoms with Gasteiger partial charge in [-0.1, -0.05) is 32.0 Å². The lowest BCUT2D eigenvalue weighted by atomic mass is 10.0. The van der Waals surface area contributed by atoms with Crippen molar-refractivity contribution in [2.24, 2.45) is 13.0 Å². The molecule has 0 aliphatic carbocycles. The van der Waals surface area contributed by atoms with Crippen LogP contribution in [0.1, 0.15) is 36.4 Å². The fourth-order valence-electron chi connectivity index (χ4n) is 3.18. The molecule has 1 aliphatic heterocycles. The summed E-state index contributed by atoms with van der Waals surface area (Å²) in [5.74, 6) is 0.549. The summed E-state index contributed by atoms with van der Waals surface area (Å²) in [6, 6.07) is 10.2. The summed E-state index contributed by atoms with van der Waals surface area (Å²) in [6.07, 6.45) is 2.05. The molecule has 3 rings (SSSR count). The number of benzene rings is 1. The van der Waals surface area contributed by atoms with Crippen LogP contribution in [0.4, 0.5) is 5.69 Å². The monoisotopic (exact) mass is 308 g/mol. The minimum Gasteiger partial charge on any atom is -0.352 e. The summed E-state index contributed by atoms with van der Waals surface area (Å²) >= 11 is 0. The van der Waals surface area contributed by atoms with Crippen LogP contribution in [0.5, 0.6) is 0 Å². The van der Waals surface area contributed by atoms with Crippen molar-refractivity contribution in [1.29, 1.82) is 0 Å². The third-order valence-electron chi connectivity index (χ3n) is 4.62. The molecular weight excluding hydrogens is 284 g/mol. The molecule has 0 saturated heterocycles. The molecule has 0 N–H and O–H groups in total. The quantitative estimate of drug-likeness (QED) is 0.781. The first-order valence-electron chi connectivity index (χ1n) is 8.16. The van der Waals surface area contributed by atoms with E-state index in [0.29, 0.717) is 5.92 Å². The van der Waals surface area contributed by atoms with E-state index in [1.54, 1.807) is 0 Å². The van der Waals surface area contributed by atoms with E-state index < -0.39 is 0 Å². The number of fused-ring (bicyclic) bond motifs is 1. The molecule has 0 spiro atoms. The summed E-state index contributed by atoms with van der Waals surface area (Å²) in [4.78, 5) is 14.9. The predicted molar refractivity (Wildman–Crippen MR) is 96.4 cm³/mol. The van der Waals surface area contributed by atoms with E-state index in [9.17, 15) is 4.79 Å². The lowest BCUT2D eigenvalue weighted by molar-refractivity contribution is -0.113. The molecular formula is C20H24N2O. The number of amides is 1. The maximum atomic E-state index is 13.0. The van der Waals surface area contributed by atoms with Gasteiger partial charge in [0.25, 0.3) is 5.91 Å². The minimum atomic E-state index is 0.112. The number of aryl methyl sites for hydroxylation is 1. The first kappa shape index (κ1) is 15.6. The fraction of sp³-hybridized carbons (Fsp3) is 0.350. The van der Waals surface area contributed by atoms with Gasteiger partial charge in [-0.15, -0.1) is 0 Å². The van der Waals surface area contributed by atoms with Crippen molar-refractivity contribution in [1.82, 2.24) is 4.57 Å². The van der Waals surface area contributed by atoms with Crippen LogP contribution in [-0.4, -0.2) is 17.0 Å². The number of carbonyl (C=O) groups excluding carboxylic acids is 1. The van der Waals surface area contributed by atoms with Crippen molar-refractivity contribution in [3.63, 3.8) is 0 Å². The number of nitrogens with zero attached hydrogens (tertiary/aromatic N) is 2. The van der Waals surface area contributed by atoms with Crippen molar-refractivity contribution in [2.75, 3.05) is 11.4 Å². The second-order valence-electron chi connectivity index (χ2n) is 6.77. The molecule has 1 aliphatic rings. The van der Waals surface area contributed by atoms with Crippen LogP contribution >= 0.6 is 0 Å². The number of carbonyl (C=O) groups is 1. The molecule has 0 saturated carbocycles. The Balaban J connectivity index is 2.11. The Kier molecular flexibility index (Phi) is 3.88. The Morgan fingerprint density at radius 1 is 1.17 bits per heavy atom. The van der Waals surface area contributed by atoms with Crippen LogP contribution < -0.4 is 4.90 Å². The number of para-hydroxylation sites is 1. The second kappa shape index (κ2) is 5.73. The summed E-state index contributed by atoms with van der Waals surface area (Å²) in [5, 5.41) is 0. The number of aromatic nitrogens is 1. The average molecular weight is 308 g/mol. The maximum Gasteiger partial charge on any atom is 0.259 e. The molecule has 1 aromatic carbocycles. The largest absolute Gasteiger partial charge is 0.352 e. The molecule has 23 heavy (non-hydrogen) atoms. The van der Waals surface area contributed by atoms with E-state index in [0.717, 1.165) is 28.9 Å². The zero-order chi connectivity index (χ0) is 16.7. The standard InChI is InChI=1S/C20H24N2O/c1-13(2)12-22-19-9-7-6-8-17(19)18(20(22)23)11-16-10-14(3)21(5)15(16)4/h6-11,13H,12H2,1-5H3/b18-11-. The van der Waals surface area contributed by atoms with Crippen molar-refractivity contribution in [3.05, 3.63) is 52.8 Å². The van der Waals surface area contributed by atoms with Gasteiger partial charge in [0, 0.05) is 36.1 Å². The summed E-state index contributed by atoms with van der Waals surface area (Å²) in [7, 11) is 2.06. The molecule has 0 atom stereocenters. The van der Waals surface area contributed by atoms with Crippen molar-refractivity contribution >= 4 is 23.2 Å². The fourth-order valence-corrected chi connectivity index (χ4v) is 3.18. The van der Waals surface area contributed by atoms with E-state index >= 15 is 0 Å². The highest BCUT2D eigenvalue weighted by Crippen LogP contribution is 2.38. The van der Waals surface area contributed by atoms with Crippen LogP contribution in [0, 0.1) is 19.8 Å². The molecule has 0 unspecified atom stereocenters. The van der Waals surface area contributed by atoms with Crippen molar-refractivity contribution < 1.29 is 4.79 Å². The highest BCUT2D eigenvalue weighted by atomic mass is 16.2. The second-order valence-corrected chi connectivity index (χ2v) is 6.77. The molecule has 0 fully saturated rings. The zero-order valence-electron chi connectivity index (χ0n) is 14.6. The molecule has 2 aromatic rings. The highest BCUT2D eigenvalue weighted by molar-refractivity contribution is 6.35. The number of rotatable bonds is 3. The van der Waals surface area contributed by atoms with E-state index in [2.05, 4.69) is 45.4 Å². The molecule has 1 amide bonds. The Labute approximate surface area is 138 Å². The van der Waals surface area contributed by atoms with Gasteiger partial charge >= 0.3 is 0 Å². The predicted octanol–water partition coefficient (Wildman–Crippen LogP) is 4.19. The molecule has 2 heterocycles. The smallest absolute Gasteiger partial charge is 0.259 e. The Hall–Kier alpha value is -2.29.